The SMILES string of the molecule is COc1ccc(C(=O)C2CCN(C(=O)c3ccc(C(=O)NC4CCN(C(=O)OC(C)(C)C)CC4C(F)(F)F)cn3)CC2)cc1. The van der Waals surface area contributed by atoms with Crippen molar-refractivity contribution >= 4 is 23.7 Å². The maximum Gasteiger partial charge on any atom is 0.410 e. The largest absolute Gasteiger partial charge is 0.497 e. The number of hydrogen-bond acceptors (Lipinski definition) is 7. The van der Waals surface area contributed by atoms with Crippen molar-refractivity contribution in [1.29, 1.82) is 0 Å². The number of ketones is 1. The van der Waals surface area contributed by atoms with Crippen molar-refractivity contribution < 1.29 is 41.8 Å². The molecule has 0 aliphatic carbocycles. The molecule has 2 unspecified atom stereocenters. The Kier molecular flexibility index (Phi) is 9.85. The zero-order valence-electron chi connectivity index (χ0n) is 25.1. The van der Waals surface area contributed by atoms with Crippen LogP contribution in [0.3, 0.4) is 0 Å². The summed E-state index contributed by atoms with van der Waals surface area (Å²) < 4.78 is 52.1. The summed E-state index contributed by atoms with van der Waals surface area (Å²) in [6, 6.07) is 8.33. The molecule has 1 aromatic carbocycles. The van der Waals surface area contributed by atoms with E-state index in [-0.39, 0.29) is 41.8 Å². The van der Waals surface area contributed by atoms with Gasteiger partial charge in [0.15, 0.2) is 5.78 Å². The molecule has 0 saturated carbocycles. The molecule has 4 rings (SSSR count). The van der Waals surface area contributed by atoms with E-state index in [1.54, 1.807) is 57.0 Å². The first kappa shape index (κ1) is 32.7. The average Bonchev–Trinajstić information content (AvgIpc) is 2.99. The first-order chi connectivity index (χ1) is 20.7. The number of hydrogen-bond donors (Lipinski definition) is 1. The van der Waals surface area contributed by atoms with Crippen LogP contribution in [0.25, 0.3) is 0 Å². The summed E-state index contributed by atoms with van der Waals surface area (Å²) >= 11 is 0. The third-order valence-corrected chi connectivity index (χ3v) is 7.77. The quantitative estimate of drug-likeness (QED) is 0.465. The zero-order valence-corrected chi connectivity index (χ0v) is 25.1. The van der Waals surface area contributed by atoms with Gasteiger partial charge in [-0.3, -0.25) is 19.4 Å². The molecular weight excluding hydrogens is 581 g/mol. The Hall–Kier alpha value is -4.16. The number of nitrogens with zero attached hydrogens (tertiary/aromatic N) is 3. The van der Waals surface area contributed by atoms with Crippen molar-refractivity contribution in [2.24, 2.45) is 11.8 Å². The number of carbonyl (C=O) groups excluding carboxylic acids is 4. The highest BCUT2D eigenvalue weighted by Crippen LogP contribution is 2.34. The minimum Gasteiger partial charge on any atom is -0.497 e. The third-order valence-electron chi connectivity index (χ3n) is 7.77. The number of amides is 3. The predicted octanol–water partition coefficient (Wildman–Crippen LogP) is 4.74. The van der Waals surface area contributed by atoms with Gasteiger partial charge in [-0.15, -0.1) is 0 Å². The molecule has 0 bridgehead atoms. The van der Waals surface area contributed by atoms with Crippen molar-refractivity contribution in [2.45, 2.75) is 57.9 Å². The molecule has 2 aliphatic heterocycles. The lowest BCUT2D eigenvalue weighted by molar-refractivity contribution is -0.191. The number of pyridine rings is 1. The molecule has 0 spiro atoms. The first-order valence-corrected chi connectivity index (χ1v) is 14.5. The van der Waals surface area contributed by atoms with Gasteiger partial charge in [0.05, 0.1) is 18.6 Å². The van der Waals surface area contributed by atoms with Crippen LogP contribution in [0.15, 0.2) is 42.6 Å². The Labute approximate surface area is 253 Å². The minimum absolute atomic E-state index is 0.000780. The fraction of sp³-hybridized carbons (Fsp3) is 0.516. The highest BCUT2D eigenvalue weighted by Gasteiger charge is 2.49. The van der Waals surface area contributed by atoms with Crippen LogP contribution in [0.1, 0.15) is 71.2 Å². The molecule has 2 aliphatic rings. The van der Waals surface area contributed by atoms with E-state index in [0.29, 0.717) is 37.2 Å². The molecule has 1 N–H and O–H groups in total. The van der Waals surface area contributed by atoms with E-state index in [4.69, 9.17) is 9.47 Å². The number of likely N-dealkylation sites (tertiary alicyclic amines) is 2. The van der Waals surface area contributed by atoms with Gasteiger partial charge in [-0.05, 0) is 76.4 Å². The Balaban J connectivity index is 1.32. The van der Waals surface area contributed by atoms with Crippen molar-refractivity contribution in [1.82, 2.24) is 20.1 Å². The second-order valence-corrected chi connectivity index (χ2v) is 12.0. The van der Waals surface area contributed by atoms with Crippen molar-refractivity contribution in [3.8, 4) is 5.75 Å². The maximum absolute atomic E-state index is 13.9. The van der Waals surface area contributed by atoms with E-state index in [9.17, 15) is 32.3 Å². The fourth-order valence-corrected chi connectivity index (χ4v) is 5.35. The fourth-order valence-electron chi connectivity index (χ4n) is 5.35. The molecule has 13 heteroatoms. The predicted molar refractivity (Wildman–Crippen MR) is 153 cm³/mol. The van der Waals surface area contributed by atoms with Crippen molar-refractivity contribution in [3.05, 3.63) is 59.4 Å². The second-order valence-electron chi connectivity index (χ2n) is 12.0. The topological polar surface area (TPSA) is 118 Å². The lowest BCUT2D eigenvalue weighted by atomic mass is 9.88. The number of benzene rings is 1. The lowest BCUT2D eigenvalue weighted by Crippen LogP contribution is -2.57. The van der Waals surface area contributed by atoms with E-state index in [1.807, 2.05) is 0 Å². The monoisotopic (exact) mass is 618 g/mol. The smallest absolute Gasteiger partial charge is 0.410 e. The van der Waals surface area contributed by atoms with Crippen LogP contribution in [0, 0.1) is 11.8 Å². The summed E-state index contributed by atoms with van der Waals surface area (Å²) in [6.07, 6.45) is -3.49. The van der Waals surface area contributed by atoms with Gasteiger partial charge in [0.1, 0.15) is 17.0 Å². The summed E-state index contributed by atoms with van der Waals surface area (Å²) in [6.45, 7) is 4.94. The van der Waals surface area contributed by atoms with E-state index in [2.05, 4.69) is 10.3 Å². The number of piperidine rings is 2. The van der Waals surface area contributed by atoms with Crippen LogP contribution in [0.2, 0.25) is 0 Å². The Morgan fingerprint density at radius 1 is 0.886 bits per heavy atom. The maximum atomic E-state index is 13.9. The normalized spacial score (nSPS) is 19.7. The molecule has 2 saturated heterocycles. The number of Topliss-reactive ketones (excluding diaryl/α,β-unsaturated/α-hetero) is 1. The first-order valence-electron chi connectivity index (χ1n) is 14.5. The standard InChI is InChI=1S/C31H37F3N4O6/c1-30(2,3)44-29(42)38-16-13-24(23(18-38)31(32,33)34)36-27(40)21-7-10-25(35-17-21)28(41)37-14-11-20(12-15-37)26(39)19-5-8-22(43-4)9-6-19/h5-10,17,20,23-24H,11-16,18H2,1-4H3,(H,36,40). The van der Waals surface area contributed by atoms with Crippen molar-refractivity contribution in [3.63, 3.8) is 0 Å². The van der Waals surface area contributed by atoms with E-state index < -0.39 is 42.3 Å². The molecule has 44 heavy (non-hydrogen) atoms. The number of nitrogens with one attached hydrogen (secondary N) is 1. The average molecular weight is 619 g/mol. The molecule has 238 valence electrons. The zero-order chi connectivity index (χ0) is 32.2. The molecule has 3 amide bonds. The molecule has 2 aromatic rings. The van der Waals surface area contributed by atoms with Gasteiger partial charge in [0, 0.05) is 49.9 Å². The summed E-state index contributed by atoms with van der Waals surface area (Å²) in [5.41, 5.74) is -0.188. The van der Waals surface area contributed by atoms with E-state index in [0.717, 1.165) is 11.1 Å². The number of methoxy groups -OCH3 is 1. The number of aromatic nitrogens is 1. The summed E-state index contributed by atoms with van der Waals surface area (Å²) in [5.74, 6) is -2.66. The lowest BCUT2D eigenvalue weighted by Gasteiger charge is -2.39. The van der Waals surface area contributed by atoms with Crippen LogP contribution in [0.4, 0.5) is 18.0 Å². The van der Waals surface area contributed by atoms with Gasteiger partial charge in [0.2, 0.25) is 0 Å². The minimum atomic E-state index is -4.67. The Morgan fingerprint density at radius 3 is 2.05 bits per heavy atom. The summed E-state index contributed by atoms with van der Waals surface area (Å²) in [5, 5.41) is 2.43. The molecular formula is C31H37F3N4O6. The number of carbonyl (C=O) groups is 4. The number of alkyl halides is 3. The summed E-state index contributed by atoms with van der Waals surface area (Å²) in [4.78, 5) is 57.8. The van der Waals surface area contributed by atoms with Gasteiger partial charge in [0.25, 0.3) is 11.8 Å². The molecule has 10 nitrogen and oxygen atoms in total. The third kappa shape index (κ3) is 8.06. The van der Waals surface area contributed by atoms with Gasteiger partial charge in [-0.1, -0.05) is 0 Å². The number of halogens is 3. The van der Waals surface area contributed by atoms with Crippen LogP contribution >= 0.6 is 0 Å². The van der Waals surface area contributed by atoms with Gasteiger partial charge in [-0.2, -0.15) is 13.2 Å². The van der Waals surface area contributed by atoms with Crippen LogP contribution in [-0.4, -0.2) is 89.6 Å². The molecule has 3 heterocycles. The Bertz CT molecular complexity index is 1350. The van der Waals surface area contributed by atoms with Gasteiger partial charge >= 0.3 is 12.3 Å². The van der Waals surface area contributed by atoms with Crippen LogP contribution < -0.4 is 10.1 Å². The van der Waals surface area contributed by atoms with E-state index in [1.165, 1.54) is 12.1 Å². The number of ether oxygens (including phenoxy) is 2. The van der Waals surface area contributed by atoms with Crippen LogP contribution in [0.5, 0.6) is 5.75 Å². The second kappa shape index (κ2) is 13.2. The van der Waals surface area contributed by atoms with Gasteiger partial charge < -0.3 is 24.6 Å². The van der Waals surface area contributed by atoms with Crippen molar-refractivity contribution in [2.75, 3.05) is 33.3 Å². The summed E-state index contributed by atoms with van der Waals surface area (Å²) in [7, 11) is 1.55. The molecule has 1 aromatic heterocycles. The van der Waals surface area contributed by atoms with Gasteiger partial charge in [-0.25, -0.2) is 4.79 Å². The molecule has 2 atom stereocenters. The Morgan fingerprint density at radius 2 is 1.50 bits per heavy atom. The highest BCUT2D eigenvalue weighted by atomic mass is 19.4. The van der Waals surface area contributed by atoms with E-state index >= 15 is 0 Å². The number of rotatable bonds is 6. The molecule has 0 radical (unpaired) electrons. The molecule has 2 fully saturated rings. The van der Waals surface area contributed by atoms with Crippen LogP contribution in [-0.2, 0) is 4.74 Å². The highest BCUT2D eigenvalue weighted by molar-refractivity contribution is 5.99.